The van der Waals surface area contributed by atoms with E-state index < -0.39 is 10.9 Å². The van der Waals surface area contributed by atoms with Crippen LogP contribution in [0.2, 0.25) is 0 Å². The number of allylic oxidation sites excluding steroid dienone is 1. The maximum atomic E-state index is 10.9. The number of benzene rings is 1. The Morgan fingerprint density at radius 3 is 2.59 bits per heavy atom. The Morgan fingerprint density at radius 1 is 1.47 bits per heavy atom. The van der Waals surface area contributed by atoms with Crippen LogP contribution in [0.25, 0.3) is 6.08 Å². The van der Waals surface area contributed by atoms with Gasteiger partial charge >= 0.3 is 5.97 Å². The van der Waals surface area contributed by atoms with Crippen LogP contribution < -0.4 is 0 Å². The third kappa shape index (κ3) is 2.75. The van der Waals surface area contributed by atoms with Crippen molar-refractivity contribution in [3.8, 4) is 0 Å². The van der Waals surface area contributed by atoms with Gasteiger partial charge in [0, 0.05) is 11.6 Å². The maximum Gasteiger partial charge on any atom is 0.336 e. The highest BCUT2D eigenvalue weighted by Crippen LogP contribution is 2.24. The summed E-state index contributed by atoms with van der Waals surface area (Å²) in [5.41, 5.74) is -0.0437. The van der Waals surface area contributed by atoms with Crippen LogP contribution in [-0.4, -0.2) is 22.3 Å². The number of rotatable bonds is 4. The van der Waals surface area contributed by atoms with Crippen molar-refractivity contribution in [2.75, 3.05) is 0 Å². The van der Waals surface area contributed by atoms with Crippen LogP contribution in [-0.2, 0) is 4.79 Å². The molecule has 17 heavy (non-hydrogen) atoms. The lowest BCUT2D eigenvalue weighted by Crippen LogP contribution is -2.03. The number of hydrogen-bond donors (Lipinski definition) is 1. The average molecular weight is 235 g/mol. The molecule has 0 aromatic heterocycles. The molecule has 0 fully saturated rings. The van der Waals surface area contributed by atoms with E-state index in [4.69, 9.17) is 5.11 Å². The van der Waals surface area contributed by atoms with Crippen molar-refractivity contribution in [3.05, 3.63) is 45.0 Å². The highest BCUT2D eigenvalue weighted by Gasteiger charge is 2.19. The molecule has 0 saturated heterocycles. The SMILES string of the molecule is Cc1c(C(=O)O)cc(C=CC=O)cc1[N+](=O)[O-]. The van der Waals surface area contributed by atoms with E-state index in [1.165, 1.54) is 25.1 Å². The summed E-state index contributed by atoms with van der Waals surface area (Å²) in [7, 11) is 0. The highest BCUT2D eigenvalue weighted by molar-refractivity contribution is 5.92. The third-order valence-corrected chi connectivity index (χ3v) is 2.20. The van der Waals surface area contributed by atoms with Crippen LogP contribution in [0, 0.1) is 17.0 Å². The molecule has 1 aromatic carbocycles. The second-order valence-corrected chi connectivity index (χ2v) is 3.27. The first-order chi connectivity index (χ1) is 7.97. The van der Waals surface area contributed by atoms with E-state index in [-0.39, 0.29) is 16.8 Å². The number of aldehydes is 1. The predicted octanol–water partition coefficient (Wildman–Crippen LogP) is 1.81. The molecule has 0 aliphatic carbocycles. The normalized spacial score (nSPS) is 10.4. The first kappa shape index (κ1) is 12.6. The molecular weight excluding hydrogens is 226 g/mol. The summed E-state index contributed by atoms with van der Waals surface area (Å²) in [5.74, 6) is -1.24. The summed E-state index contributed by atoms with van der Waals surface area (Å²) < 4.78 is 0. The molecule has 1 rings (SSSR count). The molecule has 0 amide bonds. The van der Waals surface area contributed by atoms with Gasteiger partial charge in [-0.3, -0.25) is 14.9 Å². The molecule has 0 bridgehead atoms. The van der Waals surface area contributed by atoms with E-state index in [9.17, 15) is 19.7 Å². The van der Waals surface area contributed by atoms with Crippen molar-refractivity contribution in [2.45, 2.75) is 6.92 Å². The lowest BCUT2D eigenvalue weighted by atomic mass is 10.0. The van der Waals surface area contributed by atoms with Gasteiger partial charge in [-0.25, -0.2) is 4.79 Å². The molecule has 0 aliphatic rings. The lowest BCUT2D eigenvalue weighted by molar-refractivity contribution is -0.385. The fourth-order valence-electron chi connectivity index (χ4n) is 1.38. The minimum absolute atomic E-state index is 0.0887. The lowest BCUT2D eigenvalue weighted by Gasteiger charge is -2.03. The number of hydrogen-bond acceptors (Lipinski definition) is 4. The number of carbonyl (C=O) groups is 2. The van der Waals surface area contributed by atoms with Crippen molar-refractivity contribution in [2.24, 2.45) is 0 Å². The zero-order valence-corrected chi connectivity index (χ0v) is 8.91. The molecule has 0 aliphatic heterocycles. The first-order valence-electron chi connectivity index (χ1n) is 4.61. The second kappa shape index (κ2) is 5.02. The molecule has 0 heterocycles. The molecule has 0 saturated carbocycles. The van der Waals surface area contributed by atoms with Gasteiger partial charge in [0.2, 0.25) is 0 Å². The summed E-state index contributed by atoms with van der Waals surface area (Å²) in [4.78, 5) is 31.1. The summed E-state index contributed by atoms with van der Waals surface area (Å²) in [5, 5.41) is 19.6. The van der Waals surface area contributed by atoms with Crippen molar-refractivity contribution in [3.63, 3.8) is 0 Å². The predicted molar refractivity (Wildman–Crippen MR) is 59.9 cm³/mol. The molecule has 1 N–H and O–H groups in total. The van der Waals surface area contributed by atoms with Gasteiger partial charge in [0.25, 0.3) is 5.69 Å². The van der Waals surface area contributed by atoms with Crippen molar-refractivity contribution in [1.29, 1.82) is 0 Å². The number of nitro groups is 1. The minimum atomic E-state index is -1.24. The monoisotopic (exact) mass is 235 g/mol. The van der Waals surface area contributed by atoms with E-state index in [1.807, 2.05) is 0 Å². The Kier molecular flexibility index (Phi) is 3.71. The molecule has 6 nitrogen and oxygen atoms in total. The van der Waals surface area contributed by atoms with Gasteiger partial charge in [-0.1, -0.05) is 6.08 Å². The molecule has 1 aromatic rings. The van der Waals surface area contributed by atoms with E-state index in [0.717, 1.165) is 6.08 Å². The quantitative estimate of drug-likeness (QED) is 0.371. The zero-order valence-electron chi connectivity index (χ0n) is 8.91. The molecular formula is C11H9NO5. The summed E-state index contributed by atoms with van der Waals surface area (Å²) in [6, 6.07) is 2.51. The Morgan fingerprint density at radius 2 is 2.12 bits per heavy atom. The van der Waals surface area contributed by atoms with E-state index in [0.29, 0.717) is 11.8 Å². The fraction of sp³-hybridized carbons (Fsp3) is 0.0909. The van der Waals surface area contributed by atoms with Crippen LogP contribution >= 0.6 is 0 Å². The molecule has 6 heteroatoms. The molecule has 0 unspecified atom stereocenters. The topological polar surface area (TPSA) is 97.5 Å². The molecule has 0 spiro atoms. The Bertz CT molecular complexity index is 484. The van der Waals surface area contributed by atoms with E-state index in [2.05, 4.69) is 0 Å². The number of carboxylic acid groups (broad SMARTS) is 1. The van der Waals surface area contributed by atoms with E-state index in [1.54, 1.807) is 0 Å². The van der Waals surface area contributed by atoms with Crippen molar-refractivity contribution < 1.29 is 19.6 Å². The summed E-state index contributed by atoms with van der Waals surface area (Å²) in [6.45, 7) is 1.37. The Hall–Kier alpha value is -2.50. The van der Waals surface area contributed by atoms with Gasteiger partial charge in [-0.05, 0) is 24.6 Å². The number of nitro benzene ring substituents is 1. The molecule has 0 atom stereocenters. The third-order valence-electron chi connectivity index (χ3n) is 2.20. The average Bonchev–Trinajstić information content (AvgIpc) is 2.26. The van der Waals surface area contributed by atoms with Crippen LogP contribution in [0.15, 0.2) is 18.2 Å². The number of aromatic carboxylic acids is 1. The van der Waals surface area contributed by atoms with Crippen molar-refractivity contribution >= 4 is 24.0 Å². The molecule has 88 valence electrons. The molecule has 0 radical (unpaired) electrons. The maximum absolute atomic E-state index is 10.9. The fourth-order valence-corrected chi connectivity index (χ4v) is 1.38. The van der Waals surface area contributed by atoms with Crippen LogP contribution in [0.5, 0.6) is 0 Å². The Balaban J connectivity index is 3.46. The van der Waals surface area contributed by atoms with Gasteiger partial charge in [0.15, 0.2) is 0 Å². The van der Waals surface area contributed by atoms with Gasteiger partial charge in [-0.2, -0.15) is 0 Å². The highest BCUT2D eigenvalue weighted by atomic mass is 16.6. The zero-order chi connectivity index (χ0) is 13.0. The van der Waals surface area contributed by atoms with Crippen LogP contribution in [0.1, 0.15) is 21.5 Å². The van der Waals surface area contributed by atoms with Crippen LogP contribution in [0.4, 0.5) is 5.69 Å². The number of carbonyl (C=O) groups excluding carboxylic acids is 1. The van der Waals surface area contributed by atoms with Gasteiger partial charge in [0.05, 0.1) is 10.5 Å². The largest absolute Gasteiger partial charge is 0.478 e. The number of nitrogens with zero attached hydrogens (tertiary/aromatic N) is 1. The van der Waals surface area contributed by atoms with E-state index >= 15 is 0 Å². The van der Waals surface area contributed by atoms with Crippen LogP contribution in [0.3, 0.4) is 0 Å². The summed E-state index contributed by atoms with van der Waals surface area (Å²) in [6.07, 6.45) is 2.96. The minimum Gasteiger partial charge on any atom is -0.478 e. The van der Waals surface area contributed by atoms with Crippen molar-refractivity contribution in [1.82, 2.24) is 0 Å². The Labute approximate surface area is 96.3 Å². The second-order valence-electron chi connectivity index (χ2n) is 3.27. The summed E-state index contributed by atoms with van der Waals surface area (Å²) >= 11 is 0. The number of carboxylic acids is 1. The van der Waals surface area contributed by atoms with Gasteiger partial charge < -0.3 is 5.11 Å². The van der Waals surface area contributed by atoms with Gasteiger partial charge in [0.1, 0.15) is 6.29 Å². The first-order valence-corrected chi connectivity index (χ1v) is 4.61. The smallest absolute Gasteiger partial charge is 0.336 e. The van der Waals surface area contributed by atoms with Gasteiger partial charge in [-0.15, -0.1) is 0 Å². The standard InChI is InChI=1S/C11H9NO5/c1-7-9(11(14)15)5-8(3-2-4-13)6-10(7)12(16)17/h2-6H,1H3,(H,14,15).